The van der Waals surface area contributed by atoms with Crippen LogP contribution in [0.15, 0.2) is 23.4 Å². The first kappa shape index (κ1) is 19.9. The van der Waals surface area contributed by atoms with Crippen LogP contribution in [0, 0.1) is 6.92 Å². The number of esters is 1. The van der Waals surface area contributed by atoms with Gasteiger partial charge in [0.25, 0.3) is 11.8 Å². The fourth-order valence-electron chi connectivity index (χ4n) is 2.28. The van der Waals surface area contributed by atoms with E-state index in [2.05, 4.69) is 15.6 Å². The van der Waals surface area contributed by atoms with Crippen LogP contribution in [0.3, 0.4) is 0 Å². The van der Waals surface area contributed by atoms with Crippen LogP contribution in [0.2, 0.25) is 0 Å². The SMILES string of the molecule is CCOC(=O)c1c(NC(=O)c2cccnc2SC)sc(C(=O)NC)c1C. The van der Waals surface area contributed by atoms with Crippen molar-refractivity contribution in [3.8, 4) is 0 Å². The molecule has 2 rings (SSSR count). The summed E-state index contributed by atoms with van der Waals surface area (Å²) in [5.41, 5.74) is 1.06. The highest BCUT2D eigenvalue weighted by Crippen LogP contribution is 2.34. The number of ether oxygens (including phenoxy) is 1. The summed E-state index contributed by atoms with van der Waals surface area (Å²) in [5, 5.41) is 6.11. The topological polar surface area (TPSA) is 97.4 Å². The molecular formula is C17H19N3O4S2. The first-order chi connectivity index (χ1) is 12.4. The Morgan fingerprint density at radius 1 is 1.31 bits per heavy atom. The van der Waals surface area contributed by atoms with Gasteiger partial charge in [0.15, 0.2) is 0 Å². The minimum atomic E-state index is -0.581. The zero-order chi connectivity index (χ0) is 19.3. The number of anilines is 1. The Morgan fingerprint density at radius 2 is 2.04 bits per heavy atom. The summed E-state index contributed by atoms with van der Waals surface area (Å²) in [5.74, 6) is -1.31. The van der Waals surface area contributed by atoms with Crippen molar-refractivity contribution in [2.75, 3.05) is 25.2 Å². The molecule has 0 fully saturated rings. The van der Waals surface area contributed by atoms with Crippen molar-refractivity contribution in [2.45, 2.75) is 18.9 Å². The summed E-state index contributed by atoms with van der Waals surface area (Å²) in [7, 11) is 1.50. The number of hydrogen-bond donors (Lipinski definition) is 2. The molecule has 0 aliphatic carbocycles. The Kier molecular flexibility index (Phi) is 6.76. The van der Waals surface area contributed by atoms with E-state index in [4.69, 9.17) is 4.74 Å². The Morgan fingerprint density at radius 3 is 2.65 bits per heavy atom. The van der Waals surface area contributed by atoms with Crippen LogP contribution in [-0.4, -0.2) is 42.7 Å². The molecular weight excluding hydrogens is 374 g/mol. The van der Waals surface area contributed by atoms with Crippen molar-refractivity contribution in [2.24, 2.45) is 0 Å². The standard InChI is InChI=1S/C17H19N3O4S2/c1-5-24-17(23)11-9(2)12(14(22)18-3)26-16(11)20-13(21)10-7-6-8-19-15(10)25-4/h6-8H,5H2,1-4H3,(H,18,22)(H,20,21). The highest BCUT2D eigenvalue weighted by molar-refractivity contribution is 7.98. The Hall–Kier alpha value is -2.39. The fourth-order valence-corrected chi connectivity index (χ4v) is 3.96. The fraction of sp³-hybridized carbons (Fsp3) is 0.294. The first-order valence-corrected chi connectivity index (χ1v) is 9.81. The smallest absolute Gasteiger partial charge is 0.341 e. The van der Waals surface area contributed by atoms with Gasteiger partial charge in [-0.2, -0.15) is 0 Å². The Balaban J connectivity index is 2.45. The quantitative estimate of drug-likeness (QED) is 0.578. The normalized spacial score (nSPS) is 10.3. The van der Waals surface area contributed by atoms with Gasteiger partial charge in [-0.3, -0.25) is 9.59 Å². The summed E-state index contributed by atoms with van der Waals surface area (Å²) in [6.07, 6.45) is 3.42. The minimum Gasteiger partial charge on any atom is -0.462 e. The van der Waals surface area contributed by atoms with E-state index in [0.29, 0.717) is 21.0 Å². The average Bonchev–Trinajstić information content (AvgIpc) is 2.97. The molecule has 0 aliphatic heterocycles. The first-order valence-electron chi connectivity index (χ1n) is 7.77. The van der Waals surface area contributed by atoms with Crippen LogP contribution in [0.5, 0.6) is 0 Å². The highest BCUT2D eigenvalue weighted by Gasteiger charge is 2.27. The molecule has 0 aromatic carbocycles. The molecule has 0 spiro atoms. The van der Waals surface area contributed by atoms with Crippen LogP contribution in [0.25, 0.3) is 0 Å². The van der Waals surface area contributed by atoms with E-state index in [1.807, 2.05) is 6.26 Å². The lowest BCUT2D eigenvalue weighted by molar-refractivity contribution is 0.0527. The molecule has 0 saturated heterocycles. The summed E-state index contributed by atoms with van der Waals surface area (Å²) >= 11 is 2.38. The number of nitrogens with zero attached hydrogens (tertiary/aromatic N) is 1. The number of hydrogen-bond acceptors (Lipinski definition) is 7. The van der Waals surface area contributed by atoms with Gasteiger partial charge in [0.2, 0.25) is 0 Å². The van der Waals surface area contributed by atoms with Crippen LogP contribution < -0.4 is 10.6 Å². The monoisotopic (exact) mass is 393 g/mol. The molecule has 0 aliphatic rings. The van der Waals surface area contributed by atoms with Gasteiger partial charge in [0, 0.05) is 13.2 Å². The molecule has 0 bridgehead atoms. The molecule has 2 N–H and O–H groups in total. The van der Waals surface area contributed by atoms with E-state index >= 15 is 0 Å². The zero-order valence-electron chi connectivity index (χ0n) is 14.8. The lowest BCUT2D eigenvalue weighted by atomic mass is 10.1. The average molecular weight is 393 g/mol. The molecule has 2 heterocycles. The molecule has 0 atom stereocenters. The van der Waals surface area contributed by atoms with Crippen LogP contribution in [0.1, 0.15) is 42.9 Å². The third-order valence-electron chi connectivity index (χ3n) is 3.50. The number of rotatable bonds is 6. The van der Waals surface area contributed by atoms with Gasteiger partial charge in [-0.25, -0.2) is 9.78 Å². The molecule has 9 heteroatoms. The molecule has 0 saturated carbocycles. The number of nitrogens with one attached hydrogen (secondary N) is 2. The number of thiophene rings is 1. The number of carbonyl (C=O) groups is 3. The molecule has 138 valence electrons. The second kappa shape index (κ2) is 8.81. The maximum atomic E-state index is 12.7. The van der Waals surface area contributed by atoms with Crippen LogP contribution in [-0.2, 0) is 4.74 Å². The Bertz CT molecular complexity index is 849. The second-order valence-corrected chi connectivity index (χ2v) is 6.89. The largest absolute Gasteiger partial charge is 0.462 e. The van der Waals surface area contributed by atoms with Crippen molar-refractivity contribution in [1.29, 1.82) is 0 Å². The van der Waals surface area contributed by atoms with Crippen LogP contribution in [0.4, 0.5) is 5.00 Å². The van der Waals surface area contributed by atoms with E-state index in [9.17, 15) is 14.4 Å². The van der Waals surface area contributed by atoms with Gasteiger partial charge in [-0.05, 0) is 37.8 Å². The molecule has 2 aromatic heterocycles. The van der Waals surface area contributed by atoms with Gasteiger partial charge >= 0.3 is 5.97 Å². The van der Waals surface area contributed by atoms with Crippen molar-refractivity contribution in [1.82, 2.24) is 10.3 Å². The summed E-state index contributed by atoms with van der Waals surface area (Å²) in [6.45, 7) is 3.54. The van der Waals surface area contributed by atoms with E-state index < -0.39 is 11.9 Å². The van der Waals surface area contributed by atoms with Gasteiger partial charge in [-0.1, -0.05) is 0 Å². The highest BCUT2D eigenvalue weighted by atomic mass is 32.2. The Labute approximate surface area is 159 Å². The second-order valence-electron chi connectivity index (χ2n) is 5.07. The predicted octanol–water partition coefficient (Wildman–Crippen LogP) is 2.96. The third kappa shape index (κ3) is 4.05. The molecule has 0 unspecified atom stereocenters. The number of thioether (sulfide) groups is 1. The maximum Gasteiger partial charge on any atom is 0.341 e. The number of pyridine rings is 1. The lowest BCUT2D eigenvalue weighted by Crippen LogP contribution is -2.18. The van der Waals surface area contributed by atoms with Gasteiger partial charge in [-0.15, -0.1) is 23.1 Å². The molecule has 7 nitrogen and oxygen atoms in total. The van der Waals surface area contributed by atoms with Crippen LogP contribution >= 0.6 is 23.1 Å². The molecule has 2 amide bonds. The van der Waals surface area contributed by atoms with Gasteiger partial charge < -0.3 is 15.4 Å². The van der Waals surface area contributed by atoms with E-state index in [-0.39, 0.29) is 23.1 Å². The summed E-state index contributed by atoms with van der Waals surface area (Å²) < 4.78 is 5.08. The van der Waals surface area contributed by atoms with Crippen molar-refractivity contribution < 1.29 is 19.1 Å². The molecule has 0 radical (unpaired) electrons. The molecule has 2 aromatic rings. The van der Waals surface area contributed by atoms with E-state index in [1.165, 1.54) is 18.8 Å². The van der Waals surface area contributed by atoms with E-state index in [1.54, 1.807) is 32.2 Å². The summed E-state index contributed by atoms with van der Waals surface area (Å²) in [6, 6.07) is 3.31. The van der Waals surface area contributed by atoms with Crippen molar-refractivity contribution in [3.05, 3.63) is 39.9 Å². The molecule has 26 heavy (non-hydrogen) atoms. The maximum absolute atomic E-state index is 12.7. The van der Waals surface area contributed by atoms with Crippen molar-refractivity contribution >= 4 is 45.9 Å². The predicted molar refractivity (Wildman–Crippen MR) is 102 cm³/mol. The lowest BCUT2D eigenvalue weighted by Gasteiger charge is -2.08. The summed E-state index contributed by atoms with van der Waals surface area (Å²) in [4.78, 5) is 41.6. The third-order valence-corrected chi connectivity index (χ3v) is 5.41. The van der Waals surface area contributed by atoms with Crippen molar-refractivity contribution in [3.63, 3.8) is 0 Å². The van der Waals surface area contributed by atoms with Gasteiger partial charge in [0.05, 0.1) is 22.6 Å². The minimum absolute atomic E-state index is 0.191. The van der Waals surface area contributed by atoms with E-state index in [0.717, 1.165) is 11.3 Å². The number of aromatic nitrogens is 1. The van der Waals surface area contributed by atoms with Gasteiger partial charge in [0.1, 0.15) is 10.0 Å². The number of carbonyl (C=O) groups excluding carboxylic acids is 3. The number of amides is 2. The zero-order valence-corrected chi connectivity index (χ0v) is 16.5.